The van der Waals surface area contributed by atoms with Crippen LogP contribution in [0.15, 0.2) is 6.33 Å². The number of hydrogen-bond donors (Lipinski definition) is 1. The van der Waals surface area contributed by atoms with E-state index in [1.807, 2.05) is 4.68 Å². The fourth-order valence-corrected chi connectivity index (χ4v) is 2.44. The maximum absolute atomic E-state index is 4.37. The highest BCUT2D eigenvalue weighted by molar-refractivity contribution is 4.87. The molecular formula is C15H30N4. The summed E-state index contributed by atoms with van der Waals surface area (Å²) < 4.78 is 2.04. The third-order valence-electron chi connectivity index (χ3n) is 3.41. The Kier molecular flexibility index (Phi) is 7.72. The molecule has 1 heterocycles. The van der Waals surface area contributed by atoms with Crippen molar-refractivity contribution in [1.29, 1.82) is 0 Å². The molecule has 0 aliphatic carbocycles. The Morgan fingerprint density at radius 2 is 2.00 bits per heavy atom. The van der Waals surface area contributed by atoms with Gasteiger partial charge >= 0.3 is 0 Å². The smallest absolute Gasteiger partial charge is 0.138 e. The van der Waals surface area contributed by atoms with E-state index in [0.29, 0.717) is 12.1 Å². The van der Waals surface area contributed by atoms with E-state index in [0.717, 1.165) is 18.8 Å². The molecule has 0 aromatic carbocycles. The van der Waals surface area contributed by atoms with Crippen molar-refractivity contribution < 1.29 is 0 Å². The lowest BCUT2D eigenvalue weighted by Gasteiger charge is -2.17. The number of aryl methyl sites for hydroxylation is 1. The molecule has 0 amide bonds. The molecule has 1 rings (SSSR count). The summed E-state index contributed by atoms with van der Waals surface area (Å²) in [5, 5.41) is 7.93. The third kappa shape index (κ3) is 5.72. The number of rotatable bonds is 10. The Morgan fingerprint density at radius 1 is 1.21 bits per heavy atom. The summed E-state index contributed by atoms with van der Waals surface area (Å²) in [7, 11) is 0. The molecule has 0 radical (unpaired) electrons. The summed E-state index contributed by atoms with van der Waals surface area (Å²) in [6.07, 6.45) is 8.87. The van der Waals surface area contributed by atoms with Crippen LogP contribution in [0.3, 0.4) is 0 Å². The molecule has 1 aromatic rings. The molecule has 4 heteroatoms. The standard InChI is InChI=1S/C15H30N4/c1-5-8-14(16-11-6-2)9-7-10-15-17-12-18-19(15)13(3)4/h12-14,16H,5-11H2,1-4H3. The minimum absolute atomic E-state index is 0.405. The van der Waals surface area contributed by atoms with Gasteiger partial charge in [0.25, 0.3) is 0 Å². The van der Waals surface area contributed by atoms with Crippen LogP contribution in [0, 0.1) is 0 Å². The zero-order chi connectivity index (χ0) is 14.1. The first-order valence-electron chi connectivity index (χ1n) is 7.80. The second kappa shape index (κ2) is 9.08. The number of nitrogens with one attached hydrogen (secondary N) is 1. The molecule has 0 aliphatic rings. The number of hydrogen-bond acceptors (Lipinski definition) is 3. The zero-order valence-electron chi connectivity index (χ0n) is 13.0. The summed E-state index contributed by atoms with van der Waals surface area (Å²) in [5.41, 5.74) is 0. The first-order chi connectivity index (χ1) is 9.19. The molecule has 1 N–H and O–H groups in total. The lowest BCUT2D eigenvalue weighted by atomic mass is 10.0. The van der Waals surface area contributed by atoms with E-state index in [2.05, 4.69) is 43.1 Å². The molecule has 4 nitrogen and oxygen atoms in total. The molecule has 110 valence electrons. The van der Waals surface area contributed by atoms with Gasteiger partial charge in [-0.15, -0.1) is 0 Å². The van der Waals surface area contributed by atoms with E-state index in [4.69, 9.17) is 0 Å². The SMILES string of the molecule is CCCNC(CCC)CCCc1ncnn1C(C)C. The van der Waals surface area contributed by atoms with Crippen LogP contribution >= 0.6 is 0 Å². The van der Waals surface area contributed by atoms with Crippen molar-refractivity contribution in [2.24, 2.45) is 0 Å². The van der Waals surface area contributed by atoms with E-state index >= 15 is 0 Å². The highest BCUT2D eigenvalue weighted by Gasteiger charge is 2.10. The predicted molar refractivity (Wildman–Crippen MR) is 80.3 cm³/mol. The van der Waals surface area contributed by atoms with Crippen molar-refractivity contribution in [2.45, 2.75) is 78.3 Å². The predicted octanol–water partition coefficient (Wildman–Crippen LogP) is 3.35. The lowest BCUT2D eigenvalue weighted by Crippen LogP contribution is -2.29. The summed E-state index contributed by atoms with van der Waals surface area (Å²) in [6.45, 7) is 9.92. The molecular weight excluding hydrogens is 236 g/mol. The van der Waals surface area contributed by atoms with Crippen molar-refractivity contribution in [3.05, 3.63) is 12.2 Å². The summed E-state index contributed by atoms with van der Waals surface area (Å²) in [6, 6.07) is 1.07. The van der Waals surface area contributed by atoms with Crippen LogP contribution in [0.2, 0.25) is 0 Å². The zero-order valence-corrected chi connectivity index (χ0v) is 13.0. The van der Waals surface area contributed by atoms with E-state index in [9.17, 15) is 0 Å². The monoisotopic (exact) mass is 266 g/mol. The molecule has 0 aliphatic heterocycles. The quantitative estimate of drug-likeness (QED) is 0.706. The highest BCUT2D eigenvalue weighted by Crippen LogP contribution is 2.11. The van der Waals surface area contributed by atoms with Gasteiger partial charge in [-0.1, -0.05) is 20.3 Å². The minimum Gasteiger partial charge on any atom is -0.314 e. The normalized spacial score (nSPS) is 13.1. The molecule has 0 saturated heterocycles. The van der Waals surface area contributed by atoms with Gasteiger partial charge in [0.1, 0.15) is 12.2 Å². The fraction of sp³-hybridized carbons (Fsp3) is 0.867. The van der Waals surface area contributed by atoms with Crippen LogP contribution in [0.1, 0.15) is 71.7 Å². The van der Waals surface area contributed by atoms with E-state index in [1.165, 1.54) is 32.1 Å². The topological polar surface area (TPSA) is 42.7 Å². The minimum atomic E-state index is 0.405. The molecule has 19 heavy (non-hydrogen) atoms. The van der Waals surface area contributed by atoms with Crippen molar-refractivity contribution in [2.75, 3.05) is 6.54 Å². The largest absolute Gasteiger partial charge is 0.314 e. The third-order valence-corrected chi connectivity index (χ3v) is 3.41. The number of aromatic nitrogens is 3. The van der Waals surface area contributed by atoms with Gasteiger partial charge in [0.2, 0.25) is 0 Å². The van der Waals surface area contributed by atoms with E-state index in [-0.39, 0.29) is 0 Å². The second-order valence-electron chi connectivity index (χ2n) is 5.55. The van der Waals surface area contributed by atoms with Gasteiger partial charge in [-0.05, 0) is 46.1 Å². The highest BCUT2D eigenvalue weighted by atomic mass is 15.3. The maximum atomic E-state index is 4.37. The van der Waals surface area contributed by atoms with Crippen molar-refractivity contribution >= 4 is 0 Å². The maximum Gasteiger partial charge on any atom is 0.138 e. The van der Waals surface area contributed by atoms with Crippen LogP contribution in [0.5, 0.6) is 0 Å². The van der Waals surface area contributed by atoms with Gasteiger partial charge in [0.15, 0.2) is 0 Å². The summed E-state index contributed by atoms with van der Waals surface area (Å²) >= 11 is 0. The van der Waals surface area contributed by atoms with Gasteiger partial charge in [-0.25, -0.2) is 9.67 Å². The van der Waals surface area contributed by atoms with Crippen molar-refractivity contribution in [3.8, 4) is 0 Å². The Labute approximate surface area is 118 Å². The van der Waals surface area contributed by atoms with Crippen molar-refractivity contribution in [3.63, 3.8) is 0 Å². The number of nitrogens with zero attached hydrogens (tertiary/aromatic N) is 3. The first kappa shape index (κ1) is 16.2. The van der Waals surface area contributed by atoms with Gasteiger partial charge < -0.3 is 5.32 Å². The molecule has 1 aromatic heterocycles. The van der Waals surface area contributed by atoms with Crippen LogP contribution in [0.25, 0.3) is 0 Å². The van der Waals surface area contributed by atoms with Crippen LogP contribution in [0.4, 0.5) is 0 Å². The van der Waals surface area contributed by atoms with E-state index < -0.39 is 0 Å². The van der Waals surface area contributed by atoms with Gasteiger partial charge in [0.05, 0.1) is 0 Å². The van der Waals surface area contributed by atoms with Crippen LogP contribution in [-0.2, 0) is 6.42 Å². The second-order valence-corrected chi connectivity index (χ2v) is 5.55. The molecule has 0 bridgehead atoms. The van der Waals surface area contributed by atoms with Crippen LogP contribution in [-0.4, -0.2) is 27.4 Å². The van der Waals surface area contributed by atoms with Crippen LogP contribution < -0.4 is 5.32 Å². The molecule has 0 fully saturated rings. The van der Waals surface area contributed by atoms with Gasteiger partial charge in [-0.3, -0.25) is 0 Å². The fourth-order valence-electron chi connectivity index (χ4n) is 2.44. The Hall–Kier alpha value is -0.900. The molecule has 0 saturated carbocycles. The molecule has 1 unspecified atom stereocenters. The summed E-state index contributed by atoms with van der Waals surface area (Å²) in [5.74, 6) is 1.13. The molecule has 0 spiro atoms. The average Bonchev–Trinajstić information content (AvgIpc) is 2.84. The Bertz CT molecular complexity index is 333. The van der Waals surface area contributed by atoms with Crippen molar-refractivity contribution in [1.82, 2.24) is 20.1 Å². The average molecular weight is 266 g/mol. The first-order valence-corrected chi connectivity index (χ1v) is 7.80. The Balaban J connectivity index is 2.36. The molecule has 1 atom stereocenters. The lowest BCUT2D eigenvalue weighted by molar-refractivity contribution is 0.429. The van der Waals surface area contributed by atoms with E-state index in [1.54, 1.807) is 6.33 Å². The summed E-state index contributed by atoms with van der Waals surface area (Å²) in [4.78, 5) is 4.37. The van der Waals surface area contributed by atoms with Gasteiger partial charge in [0, 0.05) is 18.5 Å². The Morgan fingerprint density at radius 3 is 2.63 bits per heavy atom. The van der Waals surface area contributed by atoms with Gasteiger partial charge in [-0.2, -0.15) is 5.10 Å².